The van der Waals surface area contributed by atoms with Crippen LogP contribution < -0.4 is 0 Å². The maximum atomic E-state index is 12.7. The van der Waals surface area contributed by atoms with E-state index in [0.29, 0.717) is 28.3 Å². The number of rotatable bonds is 6. The Morgan fingerprint density at radius 1 is 1.10 bits per heavy atom. The summed E-state index contributed by atoms with van der Waals surface area (Å²) in [7, 11) is 0. The van der Waals surface area contributed by atoms with E-state index in [4.69, 9.17) is 4.74 Å². The average Bonchev–Trinajstić information content (AvgIpc) is 2.69. The largest absolute Gasteiger partial charge is 0.452 e. The maximum absolute atomic E-state index is 12.7. The van der Waals surface area contributed by atoms with Crippen molar-refractivity contribution in [2.45, 2.75) is 45.0 Å². The third-order valence-electron chi connectivity index (χ3n) is 5.10. The van der Waals surface area contributed by atoms with Crippen LogP contribution in [0.3, 0.4) is 0 Å². The monoisotopic (exact) mass is 427 g/mol. The third kappa shape index (κ3) is 6.05. The molecule has 160 valence electrons. The summed E-state index contributed by atoms with van der Waals surface area (Å²) in [6.45, 7) is 9.40. The molecule has 6 nitrogen and oxygen atoms in total. The van der Waals surface area contributed by atoms with Crippen molar-refractivity contribution >= 4 is 23.6 Å². The zero-order chi connectivity index (χ0) is 21.7. The highest BCUT2D eigenvalue weighted by Crippen LogP contribution is 2.23. The molecule has 1 aromatic heterocycles. The van der Waals surface area contributed by atoms with Gasteiger partial charge in [0.2, 0.25) is 0 Å². The molecule has 0 bridgehead atoms. The van der Waals surface area contributed by atoms with Crippen molar-refractivity contribution < 1.29 is 14.3 Å². The Balaban J connectivity index is 1.60. The molecule has 0 aliphatic carbocycles. The highest BCUT2D eigenvalue weighted by atomic mass is 32.2. The number of piperidine rings is 1. The van der Waals surface area contributed by atoms with Crippen LogP contribution in [0.2, 0.25) is 0 Å². The van der Waals surface area contributed by atoms with Gasteiger partial charge in [-0.05, 0) is 49.8 Å². The molecule has 0 unspecified atom stereocenters. The van der Waals surface area contributed by atoms with Gasteiger partial charge < -0.3 is 9.64 Å². The molecule has 2 heterocycles. The van der Waals surface area contributed by atoms with Crippen molar-refractivity contribution in [1.82, 2.24) is 14.9 Å². The van der Waals surface area contributed by atoms with Crippen LogP contribution in [0.25, 0.3) is 0 Å². The summed E-state index contributed by atoms with van der Waals surface area (Å²) >= 11 is 1.48. The molecule has 1 fully saturated rings. The van der Waals surface area contributed by atoms with E-state index in [1.165, 1.54) is 11.8 Å². The van der Waals surface area contributed by atoms with Crippen LogP contribution in [0.4, 0.5) is 0 Å². The molecule has 30 heavy (non-hydrogen) atoms. The number of aryl methyl sites for hydroxylation is 2. The zero-order valence-corrected chi connectivity index (χ0v) is 18.9. The van der Waals surface area contributed by atoms with E-state index < -0.39 is 5.97 Å². The van der Waals surface area contributed by atoms with E-state index in [9.17, 15) is 9.59 Å². The Bertz CT molecular complexity index is 888. The van der Waals surface area contributed by atoms with E-state index in [1.54, 1.807) is 12.1 Å². The number of hydrogen-bond acceptors (Lipinski definition) is 6. The summed E-state index contributed by atoms with van der Waals surface area (Å²) in [6.07, 6.45) is 1.12. The molecule has 1 saturated heterocycles. The van der Waals surface area contributed by atoms with Crippen LogP contribution in [0.15, 0.2) is 35.5 Å². The second-order valence-corrected chi connectivity index (χ2v) is 9.14. The highest BCUT2D eigenvalue weighted by Gasteiger charge is 2.26. The lowest BCUT2D eigenvalue weighted by Gasteiger charge is -2.34. The molecule has 2 aromatic rings. The molecule has 0 N–H and O–H groups in total. The lowest BCUT2D eigenvalue weighted by atomic mass is 9.92. The number of likely N-dealkylation sites (tertiary alicyclic amines) is 1. The number of nitrogens with zero attached hydrogens (tertiary/aromatic N) is 3. The minimum absolute atomic E-state index is 0.128. The summed E-state index contributed by atoms with van der Waals surface area (Å²) in [5, 5.41) is 0.680. The van der Waals surface area contributed by atoms with Crippen LogP contribution >= 0.6 is 11.8 Å². The Kier molecular flexibility index (Phi) is 7.48. The molecule has 7 heteroatoms. The quantitative estimate of drug-likeness (QED) is 0.393. The molecule has 0 spiro atoms. The van der Waals surface area contributed by atoms with E-state index >= 15 is 0 Å². The predicted octanol–water partition coefficient (Wildman–Crippen LogP) is 4.05. The van der Waals surface area contributed by atoms with E-state index in [-0.39, 0.29) is 12.5 Å². The van der Waals surface area contributed by atoms with E-state index in [1.807, 2.05) is 36.9 Å². The van der Waals surface area contributed by atoms with Crippen molar-refractivity contribution in [3.63, 3.8) is 0 Å². The molecular weight excluding hydrogens is 398 g/mol. The molecule has 1 aromatic carbocycles. The van der Waals surface area contributed by atoms with Gasteiger partial charge in [0.25, 0.3) is 5.91 Å². The van der Waals surface area contributed by atoms with Crippen LogP contribution in [-0.2, 0) is 15.3 Å². The number of benzene rings is 1. The van der Waals surface area contributed by atoms with Gasteiger partial charge >= 0.3 is 5.97 Å². The van der Waals surface area contributed by atoms with Crippen molar-refractivity contribution in [1.29, 1.82) is 0 Å². The minimum Gasteiger partial charge on any atom is -0.452 e. The fourth-order valence-electron chi connectivity index (χ4n) is 3.91. The first-order valence-corrected chi connectivity index (χ1v) is 11.3. The first-order chi connectivity index (χ1) is 14.3. The molecule has 0 radical (unpaired) electrons. The SMILES string of the molecule is Cc1cc(C)nc(SCc2ccccc2C(=O)OCC(=O)N2C[C@@H](C)C[C@H](C)C2)n1. The Hall–Kier alpha value is -2.41. The van der Waals surface area contributed by atoms with Gasteiger partial charge in [-0.3, -0.25) is 4.79 Å². The Labute approximate surface area is 182 Å². The molecule has 0 saturated carbocycles. The van der Waals surface area contributed by atoms with Crippen molar-refractivity contribution in [3.05, 3.63) is 52.8 Å². The summed E-state index contributed by atoms with van der Waals surface area (Å²) in [5.41, 5.74) is 3.14. The molecule has 1 amide bonds. The average molecular weight is 428 g/mol. The molecule has 1 aliphatic rings. The molecular formula is C23H29N3O3S. The number of esters is 1. The van der Waals surface area contributed by atoms with Crippen LogP contribution in [0.1, 0.15) is 47.6 Å². The first kappa shape index (κ1) is 22.3. The summed E-state index contributed by atoms with van der Waals surface area (Å²) in [6, 6.07) is 9.24. The maximum Gasteiger partial charge on any atom is 0.338 e. The summed E-state index contributed by atoms with van der Waals surface area (Å²) < 4.78 is 5.37. The second kappa shape index (κ2) is 10.1. The topological polar surface area (TPSA) is 72.4 Å². The van der Waals surface area contributed by atoms with Gasteiger partial charge in [-0.15, -0.1) is 0 Å². The van der Waals surface area contributed by atoms with Gasteiger partial charge in [-0.1, -0.05) is 43.8 Å². The standard InChI is InChI=1S/C23H29N3O3S/c1-15-9-16(2)12-26(11-15)21(27)13-29-22(28)20-8-6-5-7-19(20)14-30-23-24-17(3)10-18(4)25-23/h5-8,10,15-16H,9,11-14H2,1-4H3/t15-,16-/m0/s1. The predicted molar refractivity (Wildman–Crippen MR) is 117 cm³/mol. The normalized spacial score (nSPS) is 18.9. The van der Waals surface area contributed by atoms with Gasteiger partial charge in [0.1, 0.15) is 0 Å². The fraction of sp³-hybridized carbons (Fsp3) is 0.478. The lowest BCUT2D eigenvalue weighted by Crippen LogP contribution is -2.44. The van der Waals surface area contributed by atoms with Crippen molar-refractivity contribution in [2.75, 3.05) is 19.7 Å². The van der Waals surface area contributed by atoms with Crippen molar-refractivity contribution in [3.8, 4) is 0 Å². The van der Waals surface area contributed by atoms with E-state index in [2.05, 4.69) is 23.8 Å². The summed E-state index contributed by atoms with van der Waals surface area (Å²) in [5.74, 6) is 0.886. The lowest BCUT2D eigenvalue weighted by molar-refractivity contribution is -0.137. The number of carbonyl (C=O) groups is 2. The smallest absolute Gasteiger partial charge is 0.338 e. The molecule has 3 rings (SSSR count). The van der Waals surface area contributed by atoms with Crippen molar-refractivity contribution in [2.24, 2.45) is 11.8 Å². The summed E-state index contributed by atoms with van der Waals surface area (Å²) in [4.78, 5) is 35.9. The van der Waals surface area contributed by atoms with Gasteiger partial charge in [-0.2, -0.15) is 0 Å². The number of carbonyl (C=O) groups excluding carboxylic acids is 2. The Morgan fingerprint density at radius 2 is 1.73 bits per heavy atom. The molecule has 1 aliphatic heterocycles. The highest BCUT2D eigenvalue weighted by molar-refractivity contribution is 7.98. The van der Waals surface area contributed by atoms with Crippen LogP contribution in [0, 0.1) is 25.7 Å². The van der Waals surface area contributed by atoms with E-state index in [0.717, 1.165) is 36.5 Å². The zero-order valence-electron chi connectivity index (χ0n) is 18.1. The second-order valence-electron chi connectivity index (χ2n) is 8.20. The fourth-order valence-corrected chi connectivity index (χ4v) is 4.86. The van der Waals surface area contributed by atoms with Crippen LogP contribution in [-0.4, -0.2) is 46.4 Å². The molecule has 2 atom stereocenters. The van der Waals surface area contributed by atoms with Gasteiger partial charge in [0.15, 0.2) is 11.8 Å². The Morgan fingerprint density at radius 3 is 2.40 bits per heavy atom. The van der Waals surface area contributed by atoms with Gasteiger partial charge in [-0.25, -0.2) is 14.8 Å². The number of aromatic nitrogens is 2. The van der Waals surface area contributed by atoms with Gasteiger partial charge in [0, 0.05) is 30.2 Å². The first-order valence-electron chi connectivity index (χ1n) is 10.3. The van der Waals surface area contributed by atoms with Crippen LogP contribution in [0.5, 0.6) is 0 Å². The minimum atomic E-state index is -0.473. The number of ether oxygens (including phenoxy) is 1. The third-order valence-corrected chi connectivity index (χ3v) is 6.00. The number of hydrogen-bond donors (Lipinski definition) is 0. The van der Waals surface area contributed by atoms with Gasteiger partial charge in [0.05, 0.1) is 5.56 Å². The number of amides is 1. The number of thioether (sulfide) groups is 1.